The maximum absolute atomic E-state index is 13.1. The van der Waals surface area contributed by atoms with Crippen LogP contribution in [0.3, 0.4) is 0 Å². The van der Waals surface area contributed by atoms with Gasteiger partial charge in [0.05, 0.1) is 0 Å². The summed E-state index contributed by atoms with van der Waals surface area (Å²) in [7, 11) is 3.92. The van der Waals surface area contributed by atoms with E-state index in [1.165, 1.54) is 12.1 Å². The number of anilines is 1. The van der Waals surface area contributed by atoms with Gasteiger partial charge in [-0.3, -0.25) is 4.79 Å². The van der Waals surface area contributed by atoms with E-state index in [1.54, 1.807) is 12.1 Å². The van der Waals surface area contributed by atoms with Crippen LogP contribution in [0.2, 0.25) is 0 Å². The van der Waals surface area contributed by atoms with Gasteiger partial charge >= 0.3 is 0 Å². The molecule has 2 heterocycles. The van der Waals surface area contributed by atoms with Gasteiger partial charge in [-0.2, -0.15) is 4.98 Å². The van der Waals surface area contributed by atoms with Crippen molar-refractivity contribution in [2.24, 2.45) is 0 Å². The molecule has 150 valence electrons. The Bertz CT molecular complexity index is 992. The fourth-order valence-electron chi connectivity index (χ4n) is 3.55. The molecular weight excluding hydrogens is 371 g/mol. The van der Waals surface area contributed by atoms with E-state index in [0.717, 1.165) is 24.1 Å². The number of likely N-dealkylation sites (tertiary alicyclic amines) is 1. The summed E-state index contributed by atoms with van der Waals surface area (Å²) in [5.41, 5.74) is 2.42. The van der Waals surface area contributed by atoms with Gasteiger partial charge in [0.25, 0.3) is 5.91 Å². The van der Waals surface area contributed by atoms with Crippen molar-refractivity contribution in [3.05, 3.63) is 65.8 Å². The summed E-state index contributed by atoms with van der Waals surface area (Å²) in [5.74, 6) is 0.897. The summed E-state index contributed by atoms with van der Waals surface area (Å²) in [4.78, 5) is 21.2. The van der Waals surface area contributed by atoms with E-state index >= 15 is 0 Å². The molecule has 3 aromatic rings. The number of hydrogen-bond donors (Lipinski definition) is 0. The van der Waals surface area contributed by atoms with Crippen molar-refractivity contribution >= 4 is 11.6 Å². The summed E-state index contributed by atoms with van der Waals surface area (Å²) in [5, 5.41) is 4.03. The van der Waals surface area contributed by atoms with Crippen LogP contribution in [0.5, 0.6) is 0 Å². The molecule has 0 saturated carbocycles. The zero-order valence-electron chi connectivity index (χ0n) is 16.5. The van der Waals surface area contributed by atoms with Crippen LogP contribution < -0.4 is 4.90 Å². The van der Waals surface area contributed by atoms with Gasteiger partial charge in [0.2, 0.25) is 11.7 Å². The molecule has 0 spiro atoms. The molecule has 0 atom stereocenters. The molecule has 1 saturated heterocycles. The van der Waals surface area contributed by atoms with Crippen molar-refractivity contribution in [2.75, 3.05) is 32.1 Å². The number of nitrogens with zero attached hydrogens (tertiary/aromatic N) is 4. The van der Waals surface area contributed by atoms with E-state index < -0.39 is 0 Å². The number of hydrogen-bond acceptors (Lipinski definition) is 5. The molecule has 4 rings (SSSR count). The van der Waals surface area contributed by atoms with Crippen molar-refractivity contribution in [3.63, 3.8) is 0 Å². The fraction of sp³-hybridized carbons (Fsp3) is 0.318. The number of rotatable bonds is 4. The minimum atomic E-state index is -0.300. The number of aromatic nitrogens is 2. The molecule has 1 aliphatic rings. The Kier molecular flexibility index (Phi) is 5.29. The number of piperidine rings is 1. The van der Waals surface area contributed by atoms with Gasteiger partial charge in [-0.05, 0) is 55.3 Å². The minimum Gasteiger partial charge on any atom is -0.378 e. The second kappa shape index (κ2) is 8.03. The molecule has 2 aromatic carbocycles. The third kappa shape index (κ3) is 4.13. The lowest BCUT2D eigenvalue weighted by atomic mass is 9.96. The van der Waals surface area contributed by atoms with Crippen LogP contribution in [0.15, 0.2) is 53.1 Å². The van der Waals surface area contributed by atoms with E-state index in [9.17, 15) is 9.18 Å². The lowest BCUT2D eigenvalue weighted by Crippen LogP contribution is -2.38. The molecule has 0 bridgehead atoms. The third-order valence-electron chi connectivity index (χ3n) is 5.29. The molecule has 6 nitrogen and oxygen atoms in total. The van der Waals surface area contributed by atoms with Gasteiger partial charge in [-0.25, -0.2) is 4.39 Å². The number of carbonyl (C=O) groups is 1. The van der Waals surface area contributed by atoms with Gasteiger partial charge in [0.1, 0.15) is 5.82 Å². The minimum absolute atomic E-state index is 0.0460. The summed E-state index contributed by atoms with van der Waals surface area (Å²) < 4.78 is 18.5. The van der Waals surface area contributed by atoms with Crippen molar-refractivity contribution in [1.82, 2.24) is 15.0 Å². The topological polar surface area (TPSA) is 62.5 Å². The molecule has 1 fully saturated rings. The van der Waals surface area contributed by atoms with Crippen LogP contribution in [0.25, 0.3) is 11.4 Å². The SMILES string of the molecule is CN(C)c1cccc(C(=O)N2CCC(c3nc(-c4ccc(F)cc4)no3)CC2)c1. The monoisotopic (exact) mass is 394 g/mol. The van der Waals surface area contributed by atoms with Gasteiger partial charge in [0.15, 0.2) is 0 Å². The third-order valence-corrected chi connectivity index (χ3v) is 5.29. The highest BCUT2D eigenvalue weighted by atomic mass is 19.1. The number of halogens is 1. The van der Waals surface area contributed by atoms with Crippen molar-refractivity contribution in [2.45, 2.75) is 18.8 Å². The van der Waals surface area contributed by atoms with Crippen molar-refractivity contribution in [3.8, 4) is 11.4 Å². The van der Waals surface area contributed by atoms with Crippen molar-refractivity contribution < 1.29 is 13.7 Å². The molecule has 0 aliphatic carbocycles. The summed E-state index contributed by atoms with van der Waals surface area (Å²) in [6.07, 6.45) is 1.54. The zero-order valence-corrected chi connectivity index (χ0v) is 16.5. The predicted octanol–water partition coefficient (Wildman–Crippen LogP) is 3.96. The standard InChI is InChI=1S/C22H23FN4O2/c1-26(2)19-5-3-4-17(14-19)22(28)27-12-10-16(11-13-27)21-24-20(25-29-21)15-6-8-18(23)9-7-15/h3-9,14,16H,10-13H2,1-2H3. The maximum atomic E-state index is 13.1. The van der Waals surface area contributed by atoms with Crippen LogP contribution >= 0.6 is 0 Å². The Morgan fingerprint density at radius 1 is 1.14 bits per heavy atom. The summed E-state index contributed by atoms with van der Waals surface area (Å²) >= 11 is 0. The zero-order chi connectivity index (χ0) is 20.4. The molecule has 0 unspecified atom stereocenters. The summed E-state index contributed by atoms with van der Waals surface area (Å²) in [6, 6.07) is 13.7. The lowest BCUT2D eigenvalue weighted by molar-refractivity contribution is 0.0704. The van der Waals surface area contributed by atoms with Crippen LogP contribution in [-0.2, 0) is 0 Å². The van der Waals surface area contributed by atoms with Crippen LogP contribution in [0.4, 0.5) is 10.1 Å². The lowest BCUT2D eigenvalue weighted by Gasteiger charge is -2.30. The molecular formula is C22H23FN4O2. The Labute approximate surface area is 168 Å². The van der Waals surface area contributed by atoms with Crippen LogP contribution in [-0.4, -0.2) is 48.1 Å². The average molecular weight is 394 g/mol. The van der Waals surface area contributed by atoms with Gasteiger partial charge in [-0.15, -0.1) is 0 Å². The predicted molar refractivity (Wildman–Crippen MR) is 108 cm³/mol. The number of carbonyl (C=O) groups excluding carboxylic acids is 1. The first-order valence-corrected chi connectivity index (χ1v) is 9.67. The highest BCUT2D eigenvalue weighted by Gasteiger charge is 2.28. The van der Waals surface area contributed by atoms with E-state index in [2.05, 4.69) is 10.1 Å². The Morgan fingerprint density at radius 2 is 1.86 bits per heavy atom. The quantitative estimate of drug-likeness (QED) is 0.670. The van der Waals surface area contributed by atoms with Gasteiger partial charge < -0.3 is 14.3 Å². The molecule has 29 heavy (non-hydrogen) atoms. The Hall–Kier alpha value is -3.22. The van der Waals surface area contributed by atoms with Gasteiger partial charge in [0, 0.05) is 49.9 Å². The van der Waals surface area contributed by atoms with Gasteiger partial charge in [-0.1, -0.05) is 11.2 Å². The largest absolute Gasteiger partial charge is 0.378 e. The molecule has 0 N–H and O–H groups in total. The molecule has 7 heteroatoms. The molecule has 1 aromatic heterocycles. The highest BCUT2D eigenvalue weighted by Crippen LogP contribution is 2.29. The van der Waals surface area contributed by atoms with E-state index in [4.69, 9.17) is 4.52 Å². The second-order valence-corrected chi connectivity index (χ2v) is 7.47. The first kappa shape index (κ1) is 19.1. The number of benzene rings is 2. The maximum Gasteiger partial charge on any atom is 0.253 e. The molecule has 1 aliphatic heterocycles. The van der Waals surface area contributed by atoms with E-state index in [-0.39, 0.29) is 17.6 Å². The molecule has 0 radical (unpaired) electrons. The molecule has 1 amide bonds. The van der Waals surface area contributed by atoms with Crippen LogP contribution in [0, 0.1) is 5.82 Å². The second-order valence-electron chi connectivity index (χ2n) is 7.47. The van der Waals surface area contributed by atoms with E-state index in [0.29, 0.717) is 30.4 Å². The smallest absolute Gasteiger partial charge is 0.253 e. The Balaban J connectivity index is 1.40. The average Bonchev–Trinajstić information content (AvgIpc) is 3.24. The van der Waals surface area contributed by atoms with Crippen LogP contribution in [0.1, 0.15) is 35.0 Å². The highest BCUT2D eigenvalue weighted by molar-refractivity contribution is 5.95. The number of amides is 1. The van der Waals surface area contributed by atoms with E-state index in [1.807, 2.05) is 48.2 Å². The first-order valence-electron chi connectivity index (χ1n) is 9.67. The first-order chi connectivity index (χ1) is 14.0. The fourth-order valence-corrected chi connectivity index (χ4v) is 3.55. The summed E-state index contributed by atoms with van der Waals surface area (Å²) in [6.45, 7) is 1.29. The Morgan fingerprint density at radius 3 is 2.55 bits per heavy atom. The normalized spacial score (nSPS) is 14.8. The van der Waals surface area contributed by atoms with Crippen molar-refractivity contribution in [1.29, 1.82) is 0 Å².